The predicted molar refractivity (Wildman–Crippen MR) is 50.3 cm³/mol. The van der Waals surface area contributed by atoms with Gasteiger partial charge in [0.2, 0.25) is 5.29 Å². The molecule has 3 nitrogen and oxygen atoms in total. The number of rotatable bonds is 2. The van der Waals surface area contributed by atoms with Crippen molar-refractivity contribution in [3.63, 3.8) is 0 Å². The first-order valence-electron chi connectivity index (χ1n) is 3.53. The molecule has 0 atom stereocenters. The van der Waals surface area contributed by atoms with Crippen LogP contribution in [0, 0.1) is 5.92 Å². The Bertz CT molecular complexity index is 169. The number of nitrogens with two attached hydrogens (primary N) is 1. The molecule has 0 aliphatic rings. The summed E-state index contributed by atoms with van der Waals surface area (Å²) in [6, 6.07) is 0. The molecule has 11 heavy (non-hydrogen) atoms. The lowest BCUT2D eigenvalue weighted by molar-refractivity contribution is 0.666. The summed E-state index contributed by atoms with van der Waals surface area (Å²) in [5.41, 5.74) is 5.28. The van der Waals surface area contributed by atoms with Crippen LogP contribution < -0.4 is 5.73 Å². The van der Waals surface area contributed by atoms with Crippen LogP contribution in [-0.4, -0.2) is 17.7 Å². The first-order valence-corrected chi connectivity index (χ1v) is 3.91. The molecule has 2 N–H and O–H groups in total. The molecule has 0 saturated heterocycles. The van der Waals surface area contributed by atoms with Crippen LogP contribution in [0.5, 0.6) is 0 Å². The van der Waals surface area contributed by atoms with E-state index in [1.807, 2.05) is 0 Å². The predicted octanol–water partition coefficient (Wildman–Crippen LogP) is 1.61. The zero-order chi connectivity index (χ0) is 8.85. The van der Waals surface area contributed by atoms with Crippen molar-refractivity contribution in [2.24, 2.45) is 21.6 Å². The highest BCUT2D eigenvalue weighted by atomic mass is 35.5. The molecule has 0 fully saturated rings. The highest BCUT2D eigenvalue weighted by Crippen LogP contribution is 1.95. The maximum absolute atomic E-state index is 5.60. The van der Waals surface area contributed by atoms with Gasteiger partial charge in [-0.1, -0.05) is 13.8 Å². The molecule has 0 rings (SSSR count). The SMILES string of the molecule is CC(N)=NC(Cl)=NCC(C)C. The second kappa shape index (κ2) is 5.13. The van der Waals surface area contributed by atoms with Gasteiger partial charge >= 0.3 is 0 Å². The summed E-state index contributed by atoms with van der Waals surface area (Å²) in [5.74, 6) is 0.930. The summed E-state index contributed by atoms with van der Waals surface area (Å²) in [7, 11) is 0. The molecular weight excluding hydrogens is 162 g/mol. The number of amidine groups is 2. The number of halogens is 1. The summed E-state index contributed by atoms with van der Waals surface area (Å²) in [5, 5.41) is 0.235. The molecular formula is C7H14ClN3. The Hall–Kier alpha value is -0.570. The van der Waals surface area contributed by atoms with E-state index in [0.717, 1.165) is 0 Å². The fraction of sp³-hybridized carbons (Fsp3) is 0.714. The standard InChI is InChI=1S/C7H14ClN3/c1-5(2)4-10-7(8)11-6(3)9/h5H,4H2,1-3H3,(H2,9,10,11). The largest absolute Gasteiger partial charge is 0.387 e. The third-order valence-corrected chi connectivity index (χ3v) is 1.06. The van der Waals surface area contributed by atoms with Crippen LogP contribution in [0.1, 0.15) is 20.8 Å². The molecule has 0 heterocycles. The van der Waals surface area contributed by atoms with Crippen LogP contribution >= 0.6 is 11.6 Å². The van der Waals surface area contributed by atoms with Gasteiger partial charge in [-0.25, -0.2) is 4.99 Å². The van der Waals surface area contributed by atoms with Gasteiger partial charge in [-0.05, 0) is 24.4 Å². The second-order valence-corrected chi connectivity index (χ2v) is 3.09. The monoisotopic (exact) mass is 175 g/mol. The Morgan fingerprint density at radius 2 is 2.09 bits per heavy atom. The topological polar surface area (TPSA) is 50.7 Å². The highest BCUT2D eigenvalue weighted by molar-refractivity contribution is 6.65. The van der Waals surface area contributed by atoms with Crippen molar-refractivity contribution in [1.82, 2.24) is 0 Å². The van der Waals surface area contributed by atoms with Crippen molar-refractivity contribution >= 4 is 22.7 Å². The van der Waals surface area contributed by atoms with Crippen molar-refractivity contribution in [3.05, 3.63) is 0 Å². The molecule has 0 unspecified atom stereocenters. The molecule has 0 aromatic carbocycles. The minimum absolute atomic E-state index is 0.235. The number of hydrogen-bond donors (Lipinski definition) is 1. The third kappa shape index (κ3) is 7.33. The molecule has 0 spiro atoms. The summed E-state index contributed by atoms with van der Waals surface area (Å²) < 4.78 is 0. The van der Waals surface area contributed by atoms with E-state index in [-0.39, 0.29) is 5.29 Å². The lowest BCUT2D eigenvalue weighted by atomic mass is 10.2. The zero-order valence-electron chi connectivity index (χ0n) is 7.13. The first-order chi connectivity index (χ1) is 5.02. The van der Waals surface area contributed by atoms with Crippen LogP contribution in [0.25, 0.3) is 0 Å². The number of nitrogens with zero attached hydrogens (tertiary/aromatic N) is 2. The molecule has 0 radical (unpaired) electrons. The third-order valence-electron chi connectivity index (χ3n) is 0.856. The number of aliphatic imine (C=N–C) groups is 2. The highest BCUT2D eigenvalue weighted by Gasteiger charge is 1.92. The van der Waals surface area contributed by atoms with E-state index in [9.17, 15) is 0 Å². The van der Waals surface area contributed by atoms with E-state index >= 15 is 0 Å². The van der Waals surface area contributed by atoms with Gasteiger partial charge in [-0.15, -0.1) is 0 Å². The second-order valence-electron chi connectivity index (χ2n) is 2.76. The van der Waals surface area contributed by atoms with Gasteiger partial charge in [0.05, 0.1) is 5.84 Å². The van der Waals surface area contributed by atoms with Gasteiger partial charge < -0.3 is 5.73 Å². The molecule has 0 aliphatic heterocycles. The first kappa shape index (κ1) is 10.4. The average Bonchev–Trinajstić information content (AvgIpc) is 1.82. The fourth-order valence-corrected chi connectivity index (χ4v) is 0.641. The van der Waals surface area contributed by atoms with Crippen molar-refractivity contribution in [2.75, 3.05) is 6.54 Å². The molecule has 0 saturated carbocycles. The van der Waals surface area contributed by atoms with Crippen LogP contribution in [0.15, 0.2) is 9.98 Å². The molecule has 0 aliphatic carbocycles. The minimum atomic E-state index is 0.235. The Morgan fingerprint density at radius 3 is 2.45 bits per heavy atom. The van der Waals surface area contributed by atoms with Crippen molar-refractivity contribution < 1.29 is 0 Å². The zero-order valence-corrected chi connectivity index (χ0v) is 7.89. The van der Waals surface area contributed by atoms with Crippen LogP contribution in [0.4, 0.5) is 0 Å². The van der Waals surface area contributed by atoms with Gasteiger partial charge in [-0.2, -0.15) is 0 Å². The maximum atomic E-state index is 5.60. The van der Waals surface area contributed by atoms with Crippen molar-refractivity contribution in [1.29, 1.82) is 0 Å². The summed E-state index contributed by atoms with van der Waals surface area (Å²) in [6.07, 6.45) is 0. The Balaban J connectivity index is 3.92. The summed E-state index contributed by atoms with van der Waals surface area (Å²) >= 11 is 5.60. The fourth-order valence-electron chi connectivity index (χ4n) is 0.439. The summed E-state index contributed by atoms with van der Waals surface area (Å²) in [4.78, 5) is 7.74. The van der Waals surface area contributed by atoms with E-state index in [1.165, 1.54) is 0 Å². The van der Waals surface area contributed by atoms with E-state index in [1.54, 1.807) is 6.92 Å². The van der Waals surface area contributed by atoms with Crippen LogP contribution in [-0.2, 0) is 0 Å². The van der Waals surface area contributed by atoms with Gasteiger partial charge in [0.1, 0.15) is 0 Å². The molecule has 0 bridgehead atoms. The van der Waals surface area contributed by atoms with Crippen LogP contribution in [0.3, 0.4) is 0 Å². The van der Waals surface area contributed by atoms with E-state index in [0.29, 0.717) is 18.3 Å². The van der Waals surface area contributed by atoms with E-state index < -0.39 is 0 Å². The van der Waals surface area contributed by atoms with Crippen LogP contribution in [0.2, 0.25) is 0 Å². The quantitative estimate of drug-likeness (QED) is 0.387. The lowest BCUT2D eigenvalue weighted by Gasteiger charge is -1.97. The minimum Gasteiger partial charge on any atom is -0.387 e. The van der Waals surface area contributed by atoms with E-state index in [4.69, 9.17) is 17.3 Å². The van der Waals surface area contributed by atoms with Gasteiger partial charge in [0, 0.05) is 6.54 Å². The lowest BCUT2D eigenvalue weighted by Crippen LogP contribution is -2.07. The van der Waals surface area contributed by atoms with E-state index in [2.05, 4.69) is 23.8 Å². The van der Waals surface area contributed by atoms with Gasteiger partial charge in [-0.3, -0.25) is 4.99 Å². The van der Waals surface area contributed by atoms with Gasteiger partial charge in [0.15, 0.2) is 0 Å². The maximum Gasteiger partial charge on any atom is 0.219 e. The average molecular weight is 176 g/mol. The molecule has 64 valence electrons. The van der Waals surface area contributed by atoms with Crippen molar-refractivity contribution in [3.8, 4) is 0 Å². The number of hydrogen-bond acceptors (Lipinski definition) is 1. The summed E-state index contributed by atoms with van der Waals surface area (Å²) in [6.45, 7) is 6.49. The Morgan fingerprint density at radius 1 is 1.55 bits per heavy atom. The smallest absolute Gasteiger partial charge is 0.219 e. The van der Waals surface area contributed by atoms with Gasteiger partial charge in [0.25, 0.3) is 0 Å². The Labute approximate surface area is 72.4 Å². The molecule has 0 aromatic heterocycles. The Kier molecular flexibility index (Phi) is 4.86. The van der Waals surface area contributed by atoms with Crippen molar-refractivity contribution in [2.45, 2.75) is 20.8 Å². The normalized spacial score (nSPS) is 14.3. The molecule has 4 heteroatoms. The molecule has 0 aromatic rings. The molecule has 0 amide bonds.